The van der Waals surface area contributed by atoms with E-state index in [1.54, 1.807) is 31.3 Å². The van der Waals surface area contributed by atoms with Gasteiger partial charge in [0.05, 0.1) is 64.9 Å². The molecule has 272 valence electrons. The van der Waals surface area contributed by atoms with Gasteiger partial charge in [0.1, 0.15) is 29.5 Å². The molecule has 0 radical (unpaired) electrons. The number of ether oxygens (including phenoxy) is 7. The molecule has 11 heteroatoms. The van der Waals surface area contributed by atoms with Crippen LogP contribution in [0.5, 0.6) is 17.2 Å². The maximum absolute atomic E-state index is 13.0. The van der Waals surface area contributed by atoms with Crippen molar-refractivity contribution in [3.63, 3.8) is 0 Å². The van der Waals surface area contributed by atoms with Gasteiger partial charge in [-0.2, -0.15) is 0 Å². The Bertz CT molecular complexity index is 1470. The van der Waals surface area contributed by atoms with Crippen LogP contribution < -0.4 is 19.5 Å². The molecule has 3 aromatic carbocycles. The van der Waals surface area contributed by atoms with Gasteiger partial charge in [0.25, 0.3) is 0 Å². The van der Waals surface area contributed by atoms with Crippen LogP contribution in [0.15, 0.2) is 72.8 Å². The molecule has 0 spiro atoms. The van der Waals surface area contributed by atoms with Gasteiger partial charge in [-0.25, -0.2) is 4.79 Å². The monoisotopic (exact) mass is 692 g/mol. The van der Waals surface area contributed by atoms with Crippen molar-refractivity contribution in [1.82, 2.24) is 4.90 Å². The zero-order chi connectivity index (χ0) is 35.8. The highest BCUT2D eigenvalue weighted by atomic mass is 16.6. The second-order valence-electron chi connectivity index (χ2n) is 13.0. The molecule has 11 nitrogen and oxygen atoms in total. The molecular formula is C39H52N2O9. The third-order valence-corrected chi connectivity index (χ3v) is 8.04. The van der Waals surface area contributed by atoms with Crippen LogP contribution in [0.1, 0.15) is 57.1 Å². The van der Waals surface area contributed by atoms with E-state index >= 15 is 0 Å². The maximum atomic E-state index is 13.0. The van der Waals surface area contributed by atoms with Crippen LogP contribution in [0, 0.1) is 0 Å². The molecule has 3 aromatic rings. The minimum Gasteiger partial charge on any atom is -0.496 e. The number of anilines is 1. The number of hydrogen-bond acceptors (Lipinski definition) is 9. The highest BCUT2D eigenvalue weighted by Gasteiger charge is 2.35. The van der Waals surface area contributed by atoms with Crippen LogP contribution in [0.4, 0.5) is 10.5 Å². The fraction of sp³-hybridized carbons (Fsp3) is 0.487. The van der Waals surface area contributed by atoms with Crippen molar-refractivity contribution in [3.8, 4) is 17.2 Å². The number of methoxy groups -OCH3 is 2. The average molecular weight is 693 g/mol. The molecule has 1 saturated heterocycles. The molecule has 1 aliphatic rings. The first-order valence-electron chi connectivity index (χ1n) is 17.2. The Balaban J connectivity index is 1.30. The highest BCUT2D eigenvalue weighted by molar-refractivity contribution is 5.92. The Morgan fingerprint density at radius 3 is 2.32 bits per heavy atom. The van der Waals surface area contributed by atoms with E-state index in [2.05, 4.69) is 17.4 Å². The van der Waals surface area contributed by atoms with Gasteiger partial charge in [0.2, 0.25) is 5.91 Å². The highest BCUT2D eigenvalue weighted by Crippen LogP contribution is 2.33. The Morgan fingerprint density at radius 1 is 0.840 bits per heavy atom. The SMILES string of the molecule is COCCC(=O)Nc1ccccc1OCCOC1CN(C(=O)OC(C)(C)C)CCC1c1ccc(OCCCOCc2ccccc2OC)cc1. The standard InChI is InChI=1S/C39H52N2O9/c1-39(2,3)50-38(43)41-21-19-32(36(27-41)49-26-25-48-35-14-9-7-12-33(35)40-37(42)20-24-44-4)29-15-17-31(18-16-29)47-23-10-22-46-28-30-11-6-8-13-34(30)45-5/h6-9,11-18,32,36H,10,19-28H2,1-5H3,(H,40,42). The van der Waals surface area contributed by atoms with Crippen LogP contribution in [0.3, 0.4) is 0 Å². The molecule has 1 fully saturated rings. The third-order valence-electron chi connectivity index (χ3n) is 8.04. The molecule has 2 atom stereocenters. The number of amides is 2. The molecule has 2 unspecified atom stereocenters. The minimum absolute atomic E-state index is 0.0541. The molecule has 4 rings (SSSR count). The number of likely N-dealkylation sites (tertiary alicyclic amines) is 1. The van der Waals surface area contributed by atoms with Crippen LogP contribution in [0.25, 0.3) is 0 Å². The summed E-state index contributed by atoms with van der Waals surface area (Å²) in [7, 11) is 3.22. The fourth-order valence-electron chi connectivity index (χ4n) is 5.58. The van der Waals surface area contributed by atoms with Crippen molar-refractivity contribution >= 4 is 17.7 Å². The molecular weight excluding hydrogens is 640 g/mol. The molecule has 0 aromatic heterocycles. The summed E-state index contributed by atoms with van der Waals surface area (Å²) in [6.07, 6.45) is 1.08. The molecule has 0 saturated carbocycles. The van der Waals surface area contributed by atoms with E-state index in [-0.39, 0.29) is 43.7 Å². The van der Waals surface area contributed by atoms with Crippen molar-refractivity contribution in [2.75, 3.05) is 65.7 Å². The second-order valence-corrected chi connectivity index (χ2v) is 13.0. The zero-order valence-corrected chi connectivity index (χ0v) is 30.0. The van der Waals surface area contributed by atoms with Crippen LogP contribution in [-0.2, 0) is 30.3 Å². The number of rotatable bonds is 18. The number of carbonyl (C=O) groups is 2. The van der Waals surface area contributed by atoms with Crippen LogP contribution >= 0.6 is 0 Å². The first kappa shape index (κ1) is 38.5. The molecule has 1 N–H and O–H groups in total. The normalized spacial score (nSPS) is 16.1. The number of para-hydroxylation sites is 3. The van der Waals surface area contributed by atoms with Gasteiger partial charge in [0.15, 0.2) is 0 Å². The Labute approximate surface area is 296 Å². The van der Waals surface area contributed by atoms with E-state index < -0.39 is 5.60 Å². The average Bonchev–Trinajstić information content (AvgIpc) is 3.11. The van der Waals surface area contributed by atoms with E-state index in [0.29, 0.717) is 57.4 Å². The van der Waals surface area contributed by atoms with Gasteiger partial charge in [-0.1, -0.05) is 42.5 Å². The quantitative estimate of drug-likeness (QED) is 0.143. The number of nitrogens with one attached hydrogen (secondary N) is 1. The molecule has 2 amide bonds. The molecule has 0 aliphatic carbocycles. The first-order valence-corrected chi connectivity index (χ1v) is 17.2. The van der Waals surface area contributed by atoms with Crippen molar-refractivity contribution in [2.24, 2.45) is 0 Å². The first-order chi connectivity index (χ1) is 24.2. The van der Waals surface area contributed by atoms with Gasteiger partial charge in [-0.05, 0) is 63.1 Å². The number of nitrogens with zero attached hydrogens (tertiary/aromatic N) is 1. The number of benzene rings is 3. The van der Waals surface area contributed by atoms with Crippen molar-refractivity contribution in [1.29, 1.82) is 0 Å². The summed E-state index contributed by atoms with van der Waals surface area (Å²) < 4.78 is 40.3. The van der Waals surface area contributed by atoms with Crippen molar-refractivity contribution < 1.29 is 42.7 Å². The second kappa shape index (κ2) is 19.8. The molecule has 50 heavy (non-hydrogen) atoms. The number of carbonyl (C=O) groups excluding carboxylic acids is 2. The van der Waals surface area contributed by atoms with Crippen molar-refractivity contribution in [2.45, 2.75) is 64.3 Å². The Morgan fingerprint density at radius 2 is 1.58 bits per heavy atom. The Kier molecular flexibility index (Phi) is 15.2. The molecule has 1 aliphatic heterocycles. The maximum Gasteiger partial charge on any atom is 0.410 e. The van der Waals surface area contributed by atoms with Gasteiger partial charge in [0, 0.05) is 31.6 Å². The van der Waals surface area contributed by atoms with Gasteiger partial charge < -0.3 is 43.4 Å². The predicted molar refractivity (Wildman–Crippen MR) is 191 cm³/mol. The summed E-state index contributed by atoms with van der Waals surface area (Å²) >= 11 is 0. The zero-order valence-electron chi connectivity index (χ0n) is 30.0. The van der Waals surface area contributed by atoms with Gasteiger partial charge >= 0.3 is 6.09 Å². The Hall–Kier alpha value is -4.32. The number of hydrogen-bond donors (Lipinski definition) is 1. The molecule has 1 heterocycles. The summed E-state index contributed by atoms with van der Waals surface area (Å²) in [5.41, 5.74) is 2.12. The topological polar surface area (TPSA) is 114 Å². The largest absolute Gasteiger partial charge is 0.496 e. The predicted octanol–water partition coefficient (Wildman–Crippen LogP) is 6.84. The van der Waals surface area contributed by atoms with E-state index in [0.717, 1.165) is 29.0 Å². The third kappa shape index (κ3) is 12.5. The van der Waals surface area contributed by atoms with Crippen LogP contribution in [0.2, 0.25) is 0 Å². The lowest BCUT2D eigenvalue weighted by Gasteiger charge is -2.39. The summed E-state index contributed by atoms with van der Waals surface area (Å²) in [6.45, 7) is 9.00. The van der Waals surface area contributed by atoms with E-state index in [1.165, 1.54) is 0 Å². The smallest absolute Gasteiger partial charge is 0.410 e. The minimum atomic E-state index is -0.595. The summed E-state index contributed by atoms with van der Waals surface area (Å²) in [5.74, 6) is 2.05. The van der Waals surface area contributed by atoms with Crippen molar-refractivity contribution in [3.05, 3.63) is 83.9 Å². The lowest BCUT2D eigenvalue weighted by molar-refractivity contribution is -0.117. The van der Waals surface area contributed by atoms with Crippen LogP contribution in [-0.4, -0.2) is 88.9 Å². The lowest BCUT2D eigenvalue weighted by Crippen LogP contribution is -2.48. The lowest BCUT2D eigenvalue weighted by atomic mass is 9.87. The summed E-state index contributed by atoms with van der Waals surface area (Å²) in [6, 6.07) is 23.2. The van der Waals surface area contributed by atoms with E-state index in [9.17, 15) is 9.59 Å². The van der Waals surface area contributed by atoms with Gasteiger partial charge in [-0.3, -0.25) is 4.79 Å². The van der Waals surface area contributed by atoms with Gasteiger partial charge in [-0.15, -0.1) is 0 Å². The van der Waals surface area contributed by atoms with E-state index in [4.69, 9.17) is 33.2 Å². The molecule has 0 bridgehead atoms. The number of piperidine rings is 1. The summed E-state index contributed by atoms with van der Waals surface area (Å²) in [5, 5.41) is 2.87. The summed E-state index contributed by atoms with van der Waals surface area (Å²) in [4.78, 5) is 26.9. The fourth-order valence-corrected chi connectivity index (χ4v) is 5.58. The van der Waals surface area contributed by atoms with E-state index in [1.807, 2.05) is 69.3 Å².